The van der Waals surface area contributed by atoms with Gasteiger partial charge in [-0.3, -0.25) is 14.7 Å². The standard InChI is InChI=1S/C20H26N4O2S/c1-15-22-17(14-27-15)12-23-8-4-16(5-9-23)20(25)24-10-6-19(13-24)26-18-3-2-7-21-11-18/h2-3,7,11,14,16,19H,4-6,8-10,12-13H2,1H3. The van der Waals surface area contributed by atoms with Crippen LogP contribution in [0.15, 0.2) is 29.9 Å². The number of carbonyl (C=O) groups excluding carboxylic acids is 1. The first-order valence-corrected chi connectivity index (χ1v) is 10.5. The number of amides is 1. The van der Waals surface area contributed by atoms with Gasteiger partial charge in [0.1, 0.15) is 11.9 Å². The number of carbonyl (C=O) groups is 1. The summed E-state index contributed by atoms with van der Waals surface area (Å²) in [4.78, 5) is 25.9. The van der Waals surface area contributed by atoms with Crippen LogP contribution in [0.5, 0.6) is 5.75 Å². The molecule has 0 spiro atoms. The number of aryl methyl sites for hydroxylation is 1. The molecule has 0 bridgehead atoms. The van der Waals surface area contributed by atoms with Crippen molar-refractivity contribution in [3.8, 4) is 5.75 Å². The molecular formula is C20H26N4O2S. The van der Waals surface area contributed by atoms with Crippen molar-refractivity contribution in [2.24, 2.45) is 5.92 Å². The first-order valence-electron chi connectivity index (χ1n) is 9.66. The van der Waals surface area contributed by atoms with Gasteiger partial charge in [-0.1, -0.05) is 0 Å². The zero-order valence-corrected chi connectivity index (χ0v) is 16.5. The van der Waals surface area contributed by atoms with E-state index in [-0.39, 0.29) is 12.0 Å². The fraction of sp³-hybridized carbons (Fsp3) is 0.550. The van der Waals surface area contributed by atoms with Crippen LogP contribution in [0.2, 0.25) is 0 Å². The number of ether oxygens (including phenoxy) is 1. The topological polar surface area (TPSA) is 58.6 Å². The third kappa shape index (κ3) is 4.65. The van der Waals surface area contributed by atoms with Crippen molar-refractivity contribution in [1.82, 2.24) is 19.8 Å². The highest BCUT2D eigenvalue weighted by Crippen LogP contribution is 2.25. The van der Waals surface area contributed by atoms with E-state index < -0.39 is 0 Å². The van der Waals surface area contributed by atoms with Crippen LogP contribution in [0.25, 0.3) is 0 Å². The van der Waals surface area contributed by atoms with Gasteiger partial charge >= 0.3 is 0 Å². The van der Waals surface area contributed by atoms with E-state index in [9.17, 15) is 4.79 Å². The van der Waals surface area contributed by atoms with E-state index in [0.29, 0.717) is 12.5 Å². The Morgan fingerprint density at radius 1 is 1.30 bits per heavy atom. The van der Waals surface area contributed by atoms with Crippen LogP contribution in [0.1, 0.15) is 30.0 Å². The summed E-state index contributed by atoms with van der Waals surface area (Å²) in [6.45, 7) is 6.36. The van der Waals surface area contributed by atoms with Gasteiger partial charge in [0.15, 0.2) is 0 Å². The van der Waals surface area contributed by atoms with Crippen molar-refractivity contribution in [3.63, 3.8) is 0 Å². The lowest BCUT2D eigenvalue weighted by molar-refractivity contribution is -0.136. The number of piperidine rings is 1. The zero-order valence-electron chi connectivity index (χ0n) is 15.7. The van der Waals surface area contributed by atoms with E-state index in [2.05, 4.69) is 20.2 Å². The monoisotopic (exact) mass is 386 g/mol. The predicted molar refractivity (Wildman–Crippen MR) is 105 cm³/mol. The van der Waals surface area contributed by atoms with E-state index in [4.69, 9.17) is 4.74 Å². The van der Waals surface area contributed by atoms with Crippen molar-refractivity contribution >= 4 is 17.2 Å². The normalized spacial score (nSPS) is 21.5. The molecule has 2 aromatic rings. The van der Waals surface area contributed by atoms with Gasteiger partial charge in [0.2, 0.25) is 5.91 Å². The summed E-state index contributed by atoms with van der Waals surface area (Å²) in [6.07, 6.45) is 6.30. The second-order valence-corrected chi connectivity index (χ2v) is 8.47. The van der Waals surface area contributed by atoms with E-state index in [1.807, 2.05) is 24.0 Å². The molecule has 144 valence electrons. The van der Waals surface area contributed by atoms with Crippen LogP contribution in [0.4, 0.5) is 0 Å². The number of thiazole rings is 1. The first-order chi connectivity index (χ1) is 13.2. The van der Waals surface area contributed by atoms with Gasteiger partial charge < -0.3 is 9.64 Å². The van der Waals surface area contributed by atoms with Crippen LogP contribution in [-0.4, -0.2) is 58.0 Å². The molecule has 0 aliphatic carbocycles. The van der Waals surface area contributed by atoms with Crippen LogP contribution in [0, 0.1) is 12.8 Å². The van der Waals surface area contributed by atoms with Crippen LogP contribution < -0.4 is 4.74 Å². The van der Waals surface area contributed by atoms with Gasteiger partial charge in [0.25, 0.3) is 0 Å². The number of rotatable bonds is 5. The molecule has 4 rings (SSSR count). The molecule has 1 atom stereocenters. The molecule has 1 amide bonds. The Bertz CT molecular complexity index is 758. The van der Waals surface area contributed by atoms with Crippen LogP contribution in [-0.2, 0) is 11.3 Å². The lowest BCUT2D eigenvalue weighted by atomic mass is 9.95. The number of pyridine rings is 1. The summed E-state index contributed by atoms with van der Waals surface area (Å²) in [5.74, 6) is 1.23. The molecule has 7 heteroatoms. The first kappa shape index (κ1) is 18.4. The van der Waals surface area contributed by atoms with Gasteiger partial charge in [-0.05, 0) is 45.0 Å². The highest BCUT2D eigenvalue weighted by Gasteiger charge is 2.33. The lowest BCUT2D eigenvalue weighted by Crippen LogP contribution is -2.42. The summed E-state index contributed by atoms with van der Waals surface area (Å²) < 4.78 is 5.96. The minimum absolute atomic E-state index is 0.0751. The number of aromatic nitrogens is 2. The van der Waals surface area contributed by atoms with Crippen molar-refractivity contribution in [2.45, 2.75) is 38.8 Å². The Hall–Kier alpha value is -1.99. The third-order valence-electron chi connectivity index (χ3n) is 5.38. The highest BCUT2D eigenvalue weighted by molar-refractivity contribution is 7.09. The predicted octanol–water partition coefficient (Wildman–Crippen LogP) is 2.74. The molecule has 0 radical (unpaired) electrons. The van der Waals surface area contributed by atoms with Crippen molar-refractivity contribution < 1.29 is 9.53 Å². The Labute approximate surface area is 164 Å². The Morgan fingerprint density at radius 3 is 2.85 bits per heavy atom. The molecule has 0 saturated carbocycles. The summed E-state index contributed by atoms with van der Waals surface area (Å²) >= 11 is 1.70. The van der Waals surface area contributed by atoms with Crippen LogP contribution >= 0.6 is 11.3 Å². The number of hydrogen-bond acceptors (Lipinski definition) is 6. The Balaban J connectivity index is 1.23. The van der Waals surface area contributed by atoms with Gasteiger partial charge in [-0.2, -0.15) is 0 Å². The lowest BCUT2D eigenvalue weighted by Gasteiger charge is -2.32. The maximum atomic E-state index is 12.9. The average molecular weight is 387 g/mol. The minimum atomic E-state index is 0.0751. The highest BCUT2D eigenvalue weighted by atomic mass is 32.1. The van der Waals surface area contributed by atoms with E-state index in [1.54, 1.807) is 23.7 Å². The third-order valence-corrected chi connectivity index (χ3v) is 6.21. The number of hydrogen-bond donors (Lipinski definition) is 0. The molecule has 2 aliphatic rings. The fourth-order valence-corrected chi connectivity index (χ4v) is 4.54. The second kappa shape index (κ2) is 8.35. The Morgan fingerprint density at radius 2 is 2.15 bits per heavy atom. The quantitative estimate of drug-likeness (QED) is 0.791. The minimum Gasteiger partial charge on any atom is -0.487 e. The fourth-order valence-electron chi connectivity index (χ4n) is 3.94. The maximum absolute atomic E-state index is 12.9. The molecule has 0 N–H and O–H groups in total. The molecule has 27 heavy (non-hydrogen) atoms. The summed E-state index contributed by atoms with van der Waals surface area (Å²) in [7, 11) is 0. The van der Waals surface area contributed by atoms with Gasteiger partial charge in [-0.25, -0.2) is 4.98 Å². The average Bonchev–Trinajstić information content (AvgIpc) is 3.32. The van der Waals surface area contributed by atoms with E-state index >= 15 is 0 Å². The molecule has 1 unspecified atom stereocenters. The van der Waals surface area contributed by atoms with Crippen molar-refractivity contribution in [3.05, 3.63) is 40.6 Å². The molecule has 2 aromatic heterocycles. The summed E-state index contributed by atoms with van der Waals surface area (Å²) in [5, 5.41) is 3.26. The van der Waals surface area contributed by atoms with Crippen LogP contribution in [0.3, 0.4) is 0 Å². The smallest absolute Gasteiger partial charge is 0.225 e. The van der Waals surface area contributed by atoms with Gasteiger partial charge in [0, 0.05) is 37.0 Å². The van der Waals surface area contributed by atoms with Crippen molar-refractivity contribution in [2.75, 3.05) is 26.2 Å². The molecule has 0 aromatic carbocycles. The van der Waals surface area contributed by atoms with E-state index in [0.717, 1.165) is 61.9 Å². The molecule has 2 saturated heterocycles. The zero-order chi connectivity index (χ0) is 18.6. The Kier molecular flexibility index (Phi) is 5.69. The number of nitrogens with zero attached hydrogens (tertiary/aromatic N) is 4. The molecular weight excluding hydrogens is 360 g/mol. The number of likely N-dealkylation sites (tertiary alicyclic amines) is 2. The summed E-state index contributed by atoms with van der Waals surface area (Å²) in [5.41, 5.74) is 1.15. The molecule has 6 nitrogen and oxygen atoms in total. The largest absolute Gasteiger partial charge is 0.487 e. The summed E-state index contributed by atoms with van der Waals surface area (Å²) in [6, 6.07) is 3.78. The van der Waals surface area contributed by atoms with Gasteiger partial charge in [0.05, 0.1) is 23.4 Å². The van der Waals surface area contributed by atoms with Gasteiger partial charge in [-0.15, -0.1) is 11.3 Å². The van der Waals surface area contributed by atoms with E-state index in [1.165, 1.54) is 0 Å². The maximum Gasteiger partial charge on any atom is 0.225 e. The second-order valence-electron chi connectivity index (χ2n) is 7.41. The van der Waals surface area contributed by atoms with Crippen molar-refractivity contribution in [1.29, 1.82) is 0 Å². The molecule has 2 fully saturated rings. The molecule has 4 heterocycles. The SMILES string of the molecule is Cc1nc(CN2CCC(C(=O)N3CCC(Oc4cccnc4)C3)CC2)cs1. The molecule has 2 aliphatic heterocycles.